The average molecular weight is 238 g/mol. The Kier molecular flexibility index (Phi) is 7.34. The fraction of sp³-hybridized carbons (Fsp3) is 0.615. The van der Waals surface area contributed by atoms with E-state index in [4.69, 9.17) is 15.2 Å². The zero-order valence-corrected chi connectivity index (χ0v) is 10.5. The first-order valence-corrected chi connectivity index (χ1v) is 6.22. The highest BCUT2D eigenvalue weighted by Gasteiger charge is 1.96. The third-order valence-corrected chi connectivity index (χ3v) is 2.34. The van der Waals surface area contributed by atoms with E-state index >= 15 is 0 Å². The van der Waals surface area contributed by atoms with Gasteiger partial charge in [0.25, 0.3) is 0 Å². The highest BCUT2D eigenvalue weighted by Crippen LogP contribution is 2.09. The first-order chi connectivity index (χ1) is 8.36. The Morgan fingerprint density at radius 3 is 2.76 bits per heavy atom. The average Bonchev–Trinajstić information content (AvgIpc) is 2.36. The number of rotatable bonds is 9. The lowest BCUT2D eigenvalue weighted by molar-refractivity contribution is 0.0979. The molecular formula is C13H22N2O2. The second-order valence-electron chi connectivity index (χ2n) is 3.84. The Morgan fingerprint density at radius 1 is 1.24 bits per heavy atom. The number of nitrogens with zero attached hydrogens (tertiary/aromatic N) is 1. The summed E-state index contributed by atoms with van der Waals surface area (Å²) in [7, 11) is 0. The van der Waals surface area contributed by atoms with E-state index in [9.17, 15) is 0 Å². The van der Waals surface area contributed by atoms with E-state index in [1.165, 1.54) is 0 Å². The molecule has 0 saturated heterocycles. The molecule has 1 aromatic rings. The molecule has 17 heavy (non-hydrogen) atoms. The van der Waals surface area contributed by atoms with Crippen LogP contribution in [0, 0.1) is 0 Å². The van der Waals surface area contributed by atoms with Crippen molar-refractivity contribution in [3.8, 4) is 5.75 Å². The van der Waals surface area contributed by atoms with Crippen molar-refractivity contribution in [3.05, 3.63) is 24.0 Å². The van der Waals surface area contributed by atoms with Gasteiger partial charge in [0.05, 0.1) is 12.8 Å². The molecule has 0 aliphatic heterocycles. The highest BCUT2D eigenvalue weighted by molar-refractivity contribution is 5.19. The topological polar surface area (TPSA) is 57.4 Å². The summed E-state index contributed by atoms with van der Waals surface area (Å²) in [5, 5.41) is 0. The van der Waals surface area contributed by atoms with Gasteiger partial charge in [-0.15, -0.1) is 0 Å². The Bertz CT molecular complexity index is 288. The standard InChI is InChI=1S/C13H22N2O2/c1-2-3-8-16-9-10-17-13-5-4-12(6-7-14)15-11-13/h4-5,11H,2-3,6-10,14H2,1H3. The van der Waals surface area contributed by atoms with E-state index in [1.807, 2.05) is 12.1 Å². The molecule has 1 aromatic heterocycles. The summed E-state index contributed by atoms with van der Waals surface area (Å²) in [6, 6.07) is 3.87. The minimum Gasteiger partial charge on any atom is -0.490 e. The molecule has 2 N–H and O–H groups in total. The van der Waals surface area contributed by atoms with Crippen LogP contribution < -0.4 is 10.5 Å². The number of aromatic nitrogens is 1. The second-order valence-corrected chi connectivity index (χ2v) is 3.84. The third-order valence-electron chi connectivity index (χ3n) is 2.34. The summed E-state index contributed by atoms with van der Waals surface area (Å²) in [6.45, 7) is 4.78. The lowest BCUT2D eigenvalue weighted by atomic mass is 10.3. The monoisotopic (exact) mass is 238 g/mol. The zero-order chi connectivity index (χ0) is 12.3. The molecule has 0 aromatic carbocycles. The molecule has 0 fully saturated rings. The Balaban J connectivity index is 2.14. The first kappa shape index (κ1) is 13.9. The van der Waals surface area contributed by atoms with Crippen molar-refractivity contribution in [2.24, 2.45) is 5.73 Å². The maximum atomic E-state index is 5.50. The number of hydrogen-bond donors (Lipinski definition) is 1. The van der Waals surface area contributed by atoms with Crippen molar-refractivity contribution in [2.45, 2.75) is 26.2 Å². The predicted octanol–water partition coefficient (Wildman–Crippen LogP) is 1.78. The Morgan fingerprint density at radius 2 is 2.12 bits per heavy atom. The summed E-state index contributed by atoms with van der Waals surface area (Å²) in [4.78, 5) is 4.25. The van der Waals surface area contributed by atoms with E-state index in [2.05, 4.69) is 11.9 Å². The van der Waals surface area contributed by atoms with Crippen LogP contribution in [-0.2, 0) is 11.2 Å². The summed E-state index contributed by atoms with van der Waals surface area (Å²) in [5.41, 5.74) is 6.45. The van der Waals surface area contributed by atoms with Gasteiger partial charge in [0.1, 0.15) is 12.4 Å². The number of pyridine rings is 1. The number of nitrogens with two attached hydrogens (primary N) is 1. The smallest absolute Gasteiger partial charge is 0.137 e. The summed E-state index contributed by atoms with van der Waals surface area (Å²) in [5.74, 6) is 0.782. The molecular weight excluding hydrogens is 216 g/mol. The molecule has 4 nitrogen and oxygen atoms in total. The quantitative estimate of drug-likeness (QED) is 0.666. The third kappa shape index (κ3) is 6.24. The molecule has 0 aliphatic carbocycles. The van der Waals surface area contributed by atoms with Crippen molar-refractivity contribution in [3.63, 3.8) is 0 Å². The van der Waals surface area contributed by atoms with Crippen LogP contribution in [0.3, 0.4) is 0 Å². The van der Waals surface area contributed by atoms with E-state index in [0.29, 0.717) is 19.8 Å². The van der Waals surface area contributed by atoms with E-state index in [0.717, 1.165) is 37.3 Å². The fourth-order valence-electron chi connectivity index (χ4n) is 1.36. The van der Waals surface area contributed by atoms with Crippen molar-refractivity contribution >= 4 is 0 Å². The molecule has 0 spiro atoms. The molecule has 0 radical (unpaired) electrons. The normalized spacial score (nSPS) is 10.5. The van der Waals surface area contributed by atoms with E-state index < -0.39 is 0 Å². The molecule has 0 aliphatic rings. The van der Waals surface area contributed by atoms with Gasteiger partial charge < -0.3 is 15.2 Å². The van der Waals surface area contributed by atoms with Gasteiger partial charge >= 0.3 is 0 Å². The van der Waals surface area contributed by atoms with Crippen LogP contribution in [0.1, 0.15) is 25.5 Å². The van der Waals surface area contributed by atoms with Crippen molar-refractivity contribution in [2.75, 3.05) is 26.4 Å². The molecule has 96 valence electrons. The SMILES string of the molecule is CCCCOCCOc1ccc(CCN)nc1. The molecule has 0 bridgehead atoms. The first-order valence-electron chi connectivity index (χ1n) is 6.22. The van der Waals surface area contributed by atoms with Gasteiger partial charge in [-0.3, -0.25) is 4.98 Å². The minimum absolute atomic E-state index is 0.571. The van der Waals surface area contributed by atoms with Gasteiger partial charge in [0.2, 0.25) is 0 Å². The van der Waals surface area contributed by atoms with Crippen molar-refractivity contribution in [1.29, 1.82) is 0 Å². The van der Waals surface area contributed by atoms with E-state index in [1.54, 1.807) is 6.20 Å². The lowest BCUT2D eigenvalue weighted by Gasteiger charge is -2.07. The largest absolute Gasteiger partial charge is 0.490 e. The minimum atomic E-state index is 0.571. The number of hydrogen-bond acceptors (Lipinski definition) is 4. The van der Waals surface area contributed by atoms with Crippen LogP contribution in [0.4, 0.5) is 0 Å². The molecule has 0 unspecified atom stereocenters. The molecule has 0 atom stereocenters. The summed E-state index contributed by atoms with van der Waals surface area (Å²) < 4.78 is 10.9. The summed E-state index contributed by atoms with van der Waals surface area (Å²) >= 11 is 0. The molecule has 4 heteroatoms. The maximum absolute atomic E-state index is 5.50. The molecule has 0 saturated carbocycles. The van der Waals surface area contributed by atoms with Gasteiger partial charge in [0.15, 0.2) is 0 Å². The van der Waals surface area contributed by atoms with Gasteiger partial charge in [0, 0.05) is 18.7 Å². The van der Waals surface area contributed by atoms with Gasteiger partial charge in [-0.1, -0.05) is 13.3 Å². The van der Waals surface area contributed by atoms with Gasteiger partial charge in [-0.2, -0.15) is 0 Å². The van der Waals surface area contributed by atoms with Crippen molar-refractivity contribution < 1.29 is 9.47 Å². The Hall–Kier alpha value is -1.13. The summed E-state index contributed by atoms with van der Waals surface area (Å²) in [6.07, 6.45) is 4.81. The number of unbranched alkanes of at least 4 members (excludes halogenated alkanes) is 1. The molecule has 0 amide bonds. The zero-order valence-electron chi connectivity index (χ0n) is 10.5. The maximum Gasteiger partial charge on any atom is 0.137 e. The van der Waals surface area contributed by atoms with Crippen LogP contribution >= 0.6 is 0 Å². The van der Waals surface area contributed by atoms with E-state index in [-0.39, 0.29) is 0 Å². The fourth-order valence-corrected chi connectivity index (χ4v) is 1.36. The molecule has 1 rings (SSSR count). The van der Waals surface area contributed by atoms with Crippen LogP contribution in [-0.4, -0.2) is 31.3 Å². The Labute approximate surface area is 103 Å². The predicted molar refractivity (Wildman–Crippen MR) is 68.2 cm³/mol. The van der Waals surface area contributed by atoms with Gasteiger partial charge in [-0.05, 0) is 25.1 Å². The highest BCUT2D eigenvalue weighted by atomic mass is 16.5. The second kappa shape index (κ2) is 8.96. The lowest BCUT2D eigenvalue weighted by Crippen LogP contribution is -2.08. The number of ether oxygens (including phenoxy) is 2. The van der Waals surface area contributed by atoms with Crippen LogP contribution in [0.2, 0.25) is 0 Å². The van der Waals surface area contributed by atoms with Crippen LogP contribution in [0.25, 0.3) is 0 Å². The molecule has 1 heterocycles. The van der Waals surface area contributed by atoms with Crippen LogP contribution in [0.5, 0.6) is 5.75 Å². The van der Waals surface area contributed by atoms with Crippen LogP contribution in [0.15, 0.2) is 18.3 Å². The van der Waals surface area contributed by atoms with Gasteiger partial charge in [-0.25, -0.2) is 0 Å². The van der Waals surface area contributed by atoms with Crippen molar-refractivity contribution in [1.82, 2.24) is 4.98 Å².